The second-order valence-corrected chi connectivity index (χ2v) is 4.06. The van der Waals surface area contributed by atoms with Gasteiger partial charge in [0.2, 0.25) is 0 Å². The number of carboxylic acid groups (broad SMARTS) is 1. The third-order valence-corrected chi connectivity index (χ3v) is 2.42. The van der Waals surface area contributed by atoms with Crippen LogP contribution < -0.4 is 4.74 Å². The molecule has 5 heteroatoms. The fraction of sp³-hybridized carbons (Fsp3) is 0.364. The Morgan fingerprint density at radius 3 is 2.81 bits per heavy atom. The van der Waals surface area contributed by atoms with Crippen LogP contribution in [0.25, 0.3) is 0 Å². The monoisotopic (exact) mass is 288 g/mol. The van der Waals surface area contributed by atoms with Crippen molar-refractivity contribution in [1.29, 1.82) is 0 Å². The molecule has 0 aliphatic rings. The predicted octanol–water partition coefficient (Wildman–Crippen LogP) is 2.56. The summed E-state index contributed by atoms with van der Waals surface area (Å²) in [6.45, 7) is 1.04. The van der Waals surface area contributed by atoms with Gasteiger partial charge in [-0.25, -0.2) is 4.79 Å². The van der Waals surface area contributed by atoms with Crippen molar-refractivity contribution in [3.63, 3.8) is 0 Å². The molecule has 1 rings (SSSR count). The lowest BCUT2D eigenvalue weighted by Crippen LogP contribution is -2.06. The van der Waals surface area contributed by atoms with Crippen LogP contribution in [-0.4, -0.2) is 31.4 Å². The lowest BCUT2D eigenvalue weighted by Gasteiger charge is -2.09. The van der Waals surface area contributed by atoms with Crippen molar-refractivity contribution < 1.29 is 19.4 Å². The van der Waals surface area contributed by atoms with Crippen molar-refractivity contribution in [3.8, 4) is 5.75 Å². The summed E-state index contributed by atoms with van der Waals surface area (Å²) in [5, 5.41) is 8.97. The number of carbonyl (C=O) groups is 1. The number of rotatable bonds is 6. The first-order chi connectivity index (χ1) is 7.65. The first-order valence-electron chi connectivity index (χ1n) is 4.79. The van der Waals surface area contributed by atoms with Crippen molar-refractivity contribution in [2.75, 3.05) is 20.3 Å². The van der Waals surface area contributed by atoms with E-state index in [0.29, 0.717) is 23.4 Å². The van der Waals surface area contributed by atoms with Crippen molar-refractivity contribution in [3.05, 3.63) is 28.2 Å². The number of carboxylic acids is 1. The van der Waals surface area contributed by atoms with Crippen LogP contribution in [0, 0.1) is 0 Å². The van der Waals surface area contributed by atoms with E-state index in [1.807, 2.05) is 0 Å². The fourth-order valence-electron chi connectivity index (χ4n) is 1.18. The molecule has 1 N–H and O–H groups in total. The Kier molecular flexibility index (Phi) is 5.28. The smallest absolute Gasteiger partial charge is 0.339 e. The van der Waals surface area contributed by atoms with Gasteiger partial charge >= 0.3 is 5.97 Å². The summed E-state index contributed by atoms with van der Waals surface area (Å²) in [6.07, 6.45) is 0.728. The Morgan fingerprint density at radius 1 is 1.44 bits per heavy atom. The summed E-state index contributed by atoms with van der Waals surface area (Å²) in [7, 11) is 1.61. The lowest BCUT2D eigenvalue weighted by atomic mass is 10.2. The highest BCUT2D eigenvalue weighted by atomic mass is 79.9. The molecule has 0 bridgehead atoms. The standard InChI is InChI=1S/C11H13BrO4/c1-15-5-2-6-16-10-4-3-8(12)7-9(10)11(13)14/h3-4,7H,2,5-6H2,1H3,(H,13,14). The molecule has 4 nitrogen and oxygen atoms in total. The zero-order chi connectivity index (χ0) is 12.0. The highest BCUT2D eigenvalue weighted by Crippen LogP contribution is 2.23. The van der Waals surface area contributed by atoms with E-state index < -0.39 is 5.97 Å². The van der Waals surface area contributed by atoms with Crippen LogP contribution in [0.1, 0.15) is 16.8 Å². The van der Waals surface area contributed by atoms with Gasteiger partial charge in [0.15, 0.2) is 0 Å². The van der Waals surface area contributed by atoms with Crippen LogP contribution in [0.5, 0.6) is 5.75 Å². The quantitative estimate of drug-likeness (QED) is 0.818. The average molecular weight is 289 g/mol. The van der Waals surface area contributed by atoms with E-state index in [9.17, 15) is 4.79 Å². The summed E-state index contributed by atoms with van der Waals surface area (Å²) in [4.78, 5) is 10.9. The number of aromatic carboxylic acids is 1. The van der Waals surface area contributed by atoms with E-state index in [2.05, 4.69) is 15.9 Å². The van der Waals surface area contributed by atoms with E-state index in [1.54, 1.807) is 19.2 Å². The second kappa shape index (κ2) is 6.50. The van der Waals surface area contributed by atoms with Gasteiger partial charge in [-0.15, -0.1) is 0 Å². The lowest BCUT2D eigenvalue weighted by molar-refractivity contribution is 0.0691. The van der Waals surface area contributed by atoms with Crippen molar-refractivity contribution >= 4 is 21.9 Å². The predicted molar refractivity (Wildman–Crippen MR) is 63.1 cm³/mol. The molecule has 0 atom stereocenters. The molecule has 0 aliphatic carbocycles. The maximum atomic E-state index is 10.9. The van der Waals surface area contributed by atoms with Gasteiger partial charge in [0.1, 0.15) is 11.3 Å². The average Bonchev–Trinajstić information content (AvgIpc) is 2.26. The number of hydrogen-bond donors (Lipinski definition) is 1. The highest BCUT2D eigenvalue weighted by Gasteiger charge is 2.11. The maximum Gasteiger partial charge on any atom is 0.339 e. The molecule has 0 aliphatic heterocycles. The van der Waals surface area contributed by atoms with Crippen molar-refractivity contribution in [2.45, 2.75) is 6.42 Å². The van der Waals surface area contributed by atoms with Crippen LogP contribution >= 0.6 is 15.9 Å². The fourth-order valence-corrected chi connectivity index (χ4v) is 1.54. The van der Waals surface area contributed by atoms with Gasteiger partial charge in [-0.2, -0.15) is 0 Å². The van der Waals surface area contributed by atoms with Gasteiger partial charge in [-0.05, 0) is 18.2 Å². The zero-order valence-electron chi connectivity index (χ0n) is 8.90. The Labute approximate surface area is 102 Å². The summed E-state index contributed by atoms with van der Waals surface area (Å²) in [5.74, 6) is -0.616. The Bertz CT molecular complexity index is 365. The molecule has 88 valence electrons. The molecule has 0 saturated carbocycles. The number of benzene rings is 1. The molecule has 0 unspecified atom stereocenters. The molecule has 0 heterocycles. The van der Waals surface area contributed by atoms with Gasteiger partial charge in [0.25, 0.3) is 0 Å². The summed E-state index contributed by atoms with van der Waals surface area (Å²) >= 11 is 3.22. The normalized spacial score (nSPS) is 10.1. The minimum Gasteiger partial charge on any atom is -0.493 e. The van der Waals surface area contributed by atoms with Crippen molar-refractivity contribution in [2.24, 2.45) is 0 Å². The molecule has 0 aromatic heterocycles. The minimum absolute atomic E-state index is 0.159. The summed E-state index contributed by atoms with van der Waals surface area (Å²) < 4.78 is 11.0. The van der Waals surface area contributed by atoms with Gasteiger partial charge in [0.05, 0.1) is 6.61 Å². The van der Waals surface area contributed by atoms with E-state index in [4.69, 9.17) is 14.6 Å². The van der Waals surface area contributed by atoms with E-state index in [1.165, 1.54) is 6.07 Å². The Hall–Kier alpha value is -1.07. The van der Waals surface area contributed by atoms with Crippen LogP contribution in [0.3, 0.4) is 0 Å². The molecule has 0 spiro atoms. The third-order valence-electron chi connectivity index (χ3n) is 1.92. The first kappa shape index (κ1) is 13.0. The van der Waals surface area contributed by atoms with Gasteiger partial charge in [-0.1, -0.05) is 15.9 Å². The summed E-state index contributed by atoms with van der Waals surface area (Å²) in [6, 6.07) is 4.91. The van der Waals surface area contributed by atoms with E-state index in [-0.39, 0.29) is 5.56 Å². The molecule has 1 aromatic carbocycles. The Balaban J connectivity index is 2.67. The zero-order valence-corrected chi connectivity index (χ0v) is 10.5. The molecule has 0 saturated heterocycles. The second-order valence-electron chi connectivity index (χ2n) is 3.14. The number of hydrogen-bond acceptors (Lipinski definition) is 3. The molecular formula is C11H13BrO4. The van der Waals surface area contributed by atoms with E-state index in [0.717, 1.165) is 6.42 Å². The van der Waals surface area contributed by atoms with Crippen LogP contribution in [0.2, 0.25) is 0 Å². The van der Waals surface area contributed by atoms with Gasteiger partial charge < -0.3 is 14.6 Å². The van der Waals surface area contributed by atoms with Crippen molar-refractivity contribution in [1.82, 2.24) is 0 Å². The summed E-state index contributed by atoms with van der Waals surface area (Å²) in [5.41, 5.74) is 0.159. The largest absolute Gasteiger partial charge is 0.493 e. The number of halogens is 1. The molecule has 0 amide bonds. The Morgan fingerprint density at radius 2 is 2.19 bits per heavy atom. The van der Waals surface area contributed by atoms with Crippen LogP contribution in [0.4, 0.5) is 0 Å². The molecule has 1 aromatic rings. The molecule has 16 heavy (non-hydrogen) atoms. The topological polar surface area (TPSA) is 55.8 Å². The first-order valence-corrected chi connectivity index (χ1v) is 5.59. The highest BCUT2D eigenvalue weighted by molar-refractivity contribution is 9.10. The SMILES string of the molecule is COCCCOc1ccc(Br)cc1C(=O)O. The minimum atomic E-state index is -0.997. The molecular weight excluding hydrogens is 276 g/mol. The van der Waals surface area contributed by atoms with Crippen LogP contribution in [-0.2, 0) is 4.74 Å². The maximum absolute atomic E-state index is 10.9. The van der Waals surface area contributed by atoms with Gasteiger partial charge in [0, 0.05) is 24.6 Å². The number of methoxy groups -OCH3 is 1. The third kappa shape index (κ3) is 3.83. The molecule has 0 fully saturated rings. The molecule has 0 radical (unpaired) electrons. The van der Waals surface area contributed by atoms with E-state index >= 15 is 0 Å². The van der Waals surface area contributed by atoms with Crippen LogP contribution in [0.15, 0.2) is 22.7 Å². The van der Waals surface area contributed by atoms with Gasteiger partial charge in [-0.3, -0.25) is 0 Å². The number of ether oxygens (including phenoxy) is 2.